The third kappa shape index (κ3) is 18.9. The molecule has 0 amide bonds. The van der Waals surface area contributed by atoms with Gasteiger partial charge in [-0.25, -0.2) is 14.4 Å². The van der Waals surface area contributed by atoms with Gasteiger partial charge in [-0.3, -0.25) is 19.2 Å². The molecule has 8 N–H and O–H groups in total. The molecule has 16 heteroatoms. The second kappa shape index (κ2) is 22.0. The number of benzene rings is 1. The Hall–Kier alpha value is -4.57. The topological polar surface area (TPSA) is 282 Å². The number of unbranched alkanes of at least 4 members (excludes halogenated alkanes) is 9. The Morgan fingerprint density at radius 2 is 0.979 bits per heavy atom. The van der Waals surface area contributed by atoms with Gasteiger partial charge in [0.2, 0.25) is 0 Å². The van der Waals surface area contributed by atoms with Crippen LogP contribution < -0.4 is 5.32 Å². The van der Waals surface area contributed by atoms with Crippen molar-refractivity contribution in [1.82, 2.24) is 0 Å². The summed E-state index contributed by atoms with van der Waals surface area (Å²) in [6, 6.07) is 6.24. The van der Waals surface area contributed by atoms with E-state index in [2.05, 4.69) is 17.0 Å². The number of carbonyl (C=O) groups excluding carboxylic acids is 2. The van der Waals surface area contributed by atoms with E-state index < -0.39 is 78.7 Å². The van der Waals surface area contributed by atoms with Crippen LogP contribution in [0.4, 0.5) is 5.69 Å². The van der Waals surface area contributed by atoms with Gasteiger partial charge in [0.15, 0.2) is 11.2 Å². The molecule has 1 unspecified atom stereocenters. The summed E-state index contributed by atoms with van der Waals surface area (Å²) in [7, 11) is 0. The van der Waals surface area contributed by atoms with Gasteiger partial charge in [-0.15, -0.1) is 0 Å². The molecule has 0 heterocycles. The Morgan fingerprint density at radius 3 is 1.36 bits per heavy atom. The molecule has 47 heavy (non-hydrogen) atoms. The summed E-state index contributed by atoms with van der Waals surface area (Å²) in [4.78, 5) is 76.2. The van der Waals surface area contributed by atoms with Crippen molar-refractivity contribution in [1.29, 1.82) is 0 Å². The van der Waals surface area contributed by atoms with Crippen molar-refractivity contribution in [3.8, 4) is 0 Å². The van der Waals surface area contributed by atoms with Crippen LogP contribution in [-0.2, 0) is 33.5 Å². The summed E-state index contributed by atoms with van der Waals surface area (Å²) in [6.07, 6.45) is 7.92. The zero-order chi connectivity index (χ0) is 36.0. The van der Waals surface area contributed by atoms with E-state index in [-0.39, 0.29) is 5.56 Å². The van der Waals surface area contributed by atoms with Gasteiger partial charge < -0.3 is 45.8 Å². The molecule has 0 aliphatic rings. The van der Waals surface area contributed by atoms with Crippen LogP contribution in [0, 0.1) is 0 Å². The second-order valence-corrected chi connectivity index (χ2v) is 11.0. The highest BCUT2D eigenvalue weighted by Crippen LogP contribution is 2.19. The highest BCUT2D eigenvalue weighted by atomic mass is 16.6. The number of aliphatic carboxylic acids is 5. The summed E-state index contributed by atoms with van der Waals surface area (Å²) < 4.78 is 4.56. The van der Waals surface area contributed by atoms with E-state index in [9.17, 15) is 38.7 Å². The van der Waals surface area contributed by atoms with Gasteiger partial charge in [-0.2, -0.15) is 0 Å². The van der Waals surface area contributed by atoms with Crippen LogP contribution in [-0.4, -0.2) is 95.3 Å². The lowest BCUT2D eigenvalue weighted by Crippen LogP contribution is -2.43. The van der Waals surface area contributed by atoms with E-state index in [1.807, 2.05) is 0 Å². The van der Waals surface area contributed by atoms with Gasteiger partial charge in [0, 0.05) is 12.2 Å². The Labute approximate surface area is 271 Å². The van der Waals surface area contributed by atoms with Crippen molar-refractivity contribution in [2.24, 2.45) is 0 Å². The predicted molar refractivity (Wildman–Crippen MR) is 164 cm³/mol. The fourth-order valence-corrected chi connectivity index (χ4v) is 4.18. The highest BCUT2D eigenvalue weighted by molar-refractivity contribution is 5.98. The van der Waals surface area contributed by atoms with Crippen molar-refractivity contribution in [3.63, 3.8) is 0 Å². The van der Waals surface area contributed by atoms with Crippen LogP contribution in [0.2, 0.25) is 0 Å². The third-order valence-corrected chi connectivity index (χ3v) is 6.75. The Balaban J connectivity index is 0.00000137. The fraction of sp³-hybridized carbons (Fsp3) is 0.581. The lowest BCUT2D eigenvalue weighted by Gasteiger charge is -2.19. The normalized spacial score (nSPS) is 12.1. The molecule has 1 rings (SSSR count). The lowest BCUT2D eigenvalue weighted by molar-refractivity contribution is -0.170. The molecule has 264 valence electrons. The van der Waals surface area contributed by atoms with Crippen LogP contribution in [0.1, 0.15) is 107 Å². The maximum Gasteiger partial charge on any atom is 0.345 e. The minimum absolute atomic E-state index is 0.0648. The van der Waals surface area contributed by atoms with Gasteiger partial charge in [0.1, 0.15) is 0 Å². The van der Waals surface area contributed by atoms with E-state index in [4.69, 9.17) is 30.6 Å². The molecule has 1 aromatic carbocycles. The molecule has 0 spiro atoms. The van der Waals surface area contributed by atoms with E-state index in [1.165, 1.54) is 63.5 Å². The fourth-order valence-electron chi connectivity index (χ4n) is 4.18. The number of anilines is 1. The molecule has 0 saturated heterocycles. The van der Waals surface area contributed by atoms with Crippen LogP contribution >= 0.6 is 0 Å². The first-order chi connectivity index (χ1) is 22.0. The predicted octanol–water partition coefficient (Wildman–Crippen LogP) is 3.13. The number of esters is 2. The van der Waals surface area contributed by atoms with Crippen LogP contribution in [0.3, 0.4) is 0 Å². The lowest BCUT2D eigenvalue weighted by atomic mass is 9.96. The van der Waals surface area contributed by atoms with Crippen molar-refractivity contribution >= 4 is 47.5 Å². The van der Waals surface area contributed by atoms with Crippen LogP contribution in [0.5, 0.6) is 0 Å². The number of hydrogen-bond donors (Lipinski definition) is 8. The van der Waals surface area contributed by atoms with Crippen molar-refractivity contribution < 1.29 is 74.0 Å². The quantitative estimate of drug-likeness (QED) is 0.0471. The number of carbonyl (C=O) groups is 7. The van der Waals surface area contributed by atoms with Gasteiger partial charge in [0.05, 0.1) is 31.2 Å². The minimum Gasteiger partial charge on any atom is -0.481 e. The Bertz CT molecular complexity index is 1180. The molecule has 0 radical (unpaired) electrons. The van der Waals surface area contributed by atoms with Gasteiger partial charge >= 0.3 is 41.8 Å². The maximum absolute atomic E-state index is 12.1. The van der Waals surface area contributed by atoms with Crippen molar-refractivity contribution in [2.75, 3.05) is 11.9 Å². The molecule has 1 atom stereocenters. The van der Waals surface area contributed by atoms with E-state index in [0.717, 1.165) is 25.1 Å². The highest BCUT2D eigenvalue weighted by Gasteiger charge is 2.42. The first kappa shape index (κ1) is 42.4. The monoisotopic (exact) mass is 671 g/mol. The molecule has 16 nitrogen and oxygen atoms in total. The van der Waals surface area contributed by atoms with E-state index in [1.54, 1.807) is 12.1 Å². The van der Waals surface area contributed by atoms with Gasteiger partial charge in [-0.05, 0) is 30.7 Å². The Morgan fingerprint density at radius 1 is 0.596 bits per heavy atom. The van der Waals surface area contributed by atoms with Crippen molar-refractivity contribution in [3.05, 3.63) is 29.8 Å². The maximum atomic E-state index is 12.1. The summed E-state index contributed by atoms with van der Waals surface area (Å²) >= 11 is 0. The molecule has 0 fully saturated rings. The standard InChI is InChI=1S/C25H37NO8.C6H8O7/c1-2-3-4-5-6-7-8-9-10-11-16-26-20-14-12-19(13-15-20)23(30)34-22(29)18-25(33,24(31)32)17-21(27)28;7-3(8)1-6(13,5(11)12)2-4(9)10/h12-15,26,33H,2-11,16-18H2,1H3,(H,27,28)(H,31,32);13H,1-2H2,(H,7,8)(H,9,10)(H,11,12). The van der Waals surface area contributed by atoms with Crippen molar-refractivity contribution in [2.45, 2.75) is 108 Å². The second-order valence-electron chi connectivity index (χ2n) is 11.0. The van der Waals surface area contributed by atoms with E-state index in [0.29, 0.717) is 0 Å². The van der Waals surface area contributed by atoms with Gasteiger partial charge in [0.25, 0.3) is 0 Å². The summed E-state index contributed by atoms with van der Waals surface area (Å²) in [5, 5.41) is 64.6. The number of aliphatic hydroxyl groups is 2. The number of rotatable bonds is 23. The number of carboxylic acid groups (broad SMARTS) is 5. The SMILES string of the molecule is CCCCCCCCCCCCNc1ccc(C(=O)OC(=O)CC(O)(CC(=O)O)C(=O)O)cc1.O=C(O)CC(O)(CC(=O)O)C(=O)O. The smallest absolute Gasteiger partial charge is 0.345 e. The first-order valence-corrected chi connectivity index (χ1v) is 15.1. The van der Waals surface area contributed by atoms with Gasteiger partial charge in [-0.1, -0.05) is 64.7 Å². The number of carboxylic acids is 5. The van der Waals surface area contributed by atoms with Crippen LogP contribution in [0.15, 0.2) is 24.3 Å². The molecular weight excluding hydrogens is 626 g/mol. The average molecular weight is 672 g/mol. The zero-order valence-corrected chi connectivity index (χ0v) is 26.3. The number of ether oxygens (including phenoxy) is 1. The third-order valence-electron chi connectivity index (χ3n) is 6.75. The minimum atomic E-state index is -2.86. The molecule has 0 bridgehead atoms. The summed E-state index contributed by atoms with van der Waals surface area (Å²) in [5.41, 5.74) is -4.72. The number of hydrogen-bond acceptors (Lipinski definition) is 11. The summed E-state index contributed by atoms with van der Waals surface area (Å²) in [6.45, 7) is 3.02. The summed E-state index contributed by atoms with van der Waals surface area (Å²) in [5.74, 6) is -10.9. The molecule has 0 aliphatic heterocycles. The molecule has 0 aliphatic carbocycles. The zero-order valence-electron chi connectivity index (χ0n) is 26.3. The average Bonchev–Trinajstić information content (AvgIpc) is 2.95. The molecule has 0 saturated carbocycles. The molecule has 0 aromatic heterocycles. The molecular formula is C31H45NO15. The largest absolute Gasteiger partial charge is 0.481 e. The van der Waals surface area contributed by atoms with Crippen LogP contribution in [0.25, 0.3) is 0 Å². The first-order valence-electron chi connectivity index (χ1n) is 15.1. The number of nitrogens with one attached hydrogen (secondary N) is 1. The van der Waals surface area contributed by atoms with E-state index >= 15 is 0 Å². The molecule has 1 aromatic rings. The Kier molecular flexibility index (Phi) is 19.9.